The Morgan fingerprint density at radius 2 is 1.23 bits per heavy atom. The average molecular weight is 646 g/mol. The highest BCUT2D eigenvalue weighted by molar-refractivity contribution is 7.91. The summed E-state index contributed by atoms with van der Waals surface area (Å²) in [6.07, 6.45) is -1.80. The summed E-state index contributed by atoms with van der Waals surface area (Å²) in [5, 5.41) is -0.0727. The van der Waals surface area contributed by atoms with Gasteiger partial charge in [-0.1, -0.05) is 30.1 Å². The van der Waals surface area contributed by atoms with Gasteiger partial charge in [0.05, 0.1) is 31.5 Å². The Hall–Kier alpha value is -2.25. The quantitative estimate of drug-likeness (QED) is 0.218. The molecule has 2 aromatic rings. The first-order valence-electron chi connectivity index (χ1n) is 11.4. The standard InChI is InChI=1S/C24H27Cl3O10S2/c1-4-38(30,31)14-18(37-16(3)29)13-35-24-8-6-20(10-22(24)27)39(32,33)19-5-7-23(21(26)9-19)34-12-17(11-25)36-15(2)28/h5-10,17-18H,4,11-14H2,1-3H3/t17-,18+/m1/s1. The molecule has 0 N–H and O–H groups in total. The van der Waals surface area contributed by atoms with Gasteiger partial charge in [0.25, 0.3) is 0 Å². The summed E-state index contributed by atoms with van der Waals surface area (Å²) in [6.45, 7) is 3.44. The highest BCUT2D eigenvalue weighted by atomic mass is 35.5. The molecule has 2 atom stereocenters. The molecule has 0 amide bonds. The maximum absolute atomic E-state index is 13.2. The molecule has 0 aliphatic heterocycles. The number of hydrogen-bond acceptors (Lipinski definition) is 10. The number of hydrogen-bond donors (Lipinski definition) is 0. The lowest BCUT2D eigenvalue weighted by Gasteiger charge is -2.18. The lowest BCUT2D eigenvalue weighted by molar-refractivity contribution is -0.147. The first-order chi connectivity index (χ1) is 18.2. The highest BCUT2D eigenvalue weighted by Crippen LogP contribution is 2.33. The van der Waals surface area contributed by atoms with Crippen LogP contribution in [0.3, 0.4) is 0 Å². The molecule has 0 aliphatic rings. The summed E-state index contributed by atoms with van der Waals surface area (Å²) in [5.74, 6) is -1.58. The van der Waals surface area contributed by atoms with Gasteiger partial charge in [0.15, 0.2) is 9.84 Å². The Kier molecular flexibility index (Phi) is 12.2. The molecular formula is C24H27Cl3O10S2. The van der Waals surface area contributed by atoms with Crippen LogP contribution in [0, 0.1) is 0 Å². The smallest absolute Gasteiger partial charge is 0.303 e. The second-order valence-corrected chi connectivity index (χ2v) is 13.6. The minimum Gasteiger partial charge on any atom is -0.488 e. The number of esters is 2. The Balaban J connectivity index is 2.18. The number of rotatable bonds is 14. The van der Waals surface area contributed by atoms with Crippen molar-refractivity contribution in [1.29, 1.82) is 0 Å². The summed E-state index contributed by atoms with van der Waals surface area (Å²) < 4.78 is 71.3. The van der Waals surface area contributed by atoms with Gasteiger partial charge in [-0.3, -0.25) is 9.59 Å². The Morgan fingerprint density at radius 3 is 1.62 bits per heavy atom. The van der Waals surface area contributed by atoms with Crippen molar-refractivity contribution < 1.29 is 45.4 Å². The molecule has 0 aliphatic carbocycles. The van der Waals surface area contributed by atoms with E-state index in [9.17, 15) is 26.4 Å². The van der Waals surface area contributed by atoms with E-state index in [4.69, 9.17) is 53.8 Å². The second kappa shape index (κ2) is 14.4. The topological polar surface area (TPSA) is 139 Å². The van der Waals surface area contributed by atoms with Crippen LogP contribution >= 0.6 is 34.8 Å². The van der Waals surface area contributed by atoms with Gasteiger partial charge >= 0.3 is 11.9 Å². The van der Waals surface area contributed by atoms with Crippen molar-refractivity contribution >= 4 is 66.4 Å². The maximum atomic E-state index is 13.2. The predicted molar refractivity (Wildman–Crippen MR) is 146 cm³/mol. The molecule has 2 aromatic carbocycles. The number of halogens is 3. The third-order valence-corrected chi connectivity index (χ3v) is 9.44. The molecular weight excluding hydrogens is 619 g/mol. The Bertz CT molecular complexity index is 1390. The molecule has 0 saturated carbocycles. The van der Waals surface area contributed by atoms with Gasteiger partial charge in [-0.2, -0.15) is 0 Å². The number of benzene rings is 2. The van der Waals surface area contributed by atoms with Gasteiger partial charge in [-0.25, -0.2) is 16.8 Å². The molecule has 0 bridgehead atoms. The number of carbonyl (C=O) groups excluding carboxylic acids is 2. The fraction of sp³-hybridized carbons (Fsp3) is 0.417. The molecule has 216 valence electrons. The van der Waals surface area contributed by atoms with E-state index in [2.05, 4.69) is 0 Å². The Labute approximate surface area is 242 Å². The Morgan fingerprint density at radius 1 is 0.795 bits per heavy atom. The van der Waals surface area contributed by atoms with E-state index < -0.39 is 49.6 Å². The number of ether oxygens (including phenoxy) is 4. The van der Waals surface area contributed by atoms with Crippen LogP contribution in [0.4, 0.5) is 0 Å². The van der Waals surface area contributed by atoms with Crippen molar-refractivity contribution in [3.63, 3.8) is 0 Å². The summed E-state index contributed by atoms with van der Waals surface area (Å²) in [4.78, 5) is 22.2. The zero-order valence-electron chi connectivity index (χ0n) is 21.2. The van der Waals surface area contributed by atoms with Crippen molar-refractivity contribution in [3.8, 4) is 11.5 Å². The third-order valence-electron chi connectivity index (χ3n) is 4.99. The highest BCUT2D eigenvalue weighted by Gasteiger charge is 2.24. The molecule has 0 heterocycles. The van der Waals surface area contributed by atoms with E-state index >= 15 is 0 Å². The molecule has 0 spiro atoms. The van der Waals surface area contributed by atoms with Crippen LogP contribution in [-0.2, 0) is 38.7 Å². The molecule has 0 saturated heterocycles. The summed E-state index contributed by atoms with van der Waals surface area (Å²) in [5.41, 5.74) is 0. The zero-order chi connectivity index (χ0) is 29.4. The van der Waals surface area contributed by atoms with E-state index in [0.717, 1.165) is 6.92 Å². The largest absolute Gasteiger partial charge is 0.488 e. The van der Waals surface area contributed by atoms with Gasteiger partial charge in [0.2, 0.25) is 9.84 Å². The van der Waals surface area contributed by atoms with Gasteiger partial charge in [-0.05, 0) is 36.4 Å². The van der Waals surface area contributed by atoms with Crippen molar-refractivity contribution in [2.24, 2.45) is 0 Å². The van der Waals surface area contributed by atoms with Gasteiger partial charge in [-0.15, -0.1) is 11.6 Å². The van der Waals surface area contributed by atoms with Crippen LogP contribution in [0.25, 0.3) is 0 Å². The van der Waals surface area contributed by atoms with Crippen molar-refractivity contribution in [1.82, 2.24) is 0 Å². The number of carbonyl (C=O) groups is 2. The molecule has 0 aromatic heterocycles. The van der Waals surface area contributed by atoms with E-state index in [0.29, 0.717) is 0 Å². The first-order valence-corrected chi connectivity index (χ1v) is 16.0. The molecule has 10 nitrogen and oxygen atoms in total. The third kappa shape index (κ3) is 10.0. The van der Waals surface area contributed by atoms with Crippen LogP contribution in [0.5, 0.6) is 11.5 Å². The minimum atomic E-state index is -4.06. The minimum absolute atomic E-state index is 0.00295. The zero-order valence-corrected chi connectivity index (χ0v) is 25.1. The van der Waals surface area contributed by atoms with Crippen LogP contribution in [-0.4, -0.2) is 71.6 Å². The van der Waals surface area contributed by atoms with Crippen LogP contribution in [0.2, 0.25) is 10.0 Å². The van der Waals surface area contributed by atoms with Crippen LogP contribution in [0.15, 0.2) is 46.2 Å². The lowest BCUT2D eigenvalue weighted by Crippen LogP contribution is -2.32. The number of sulfone groups is 2. The predicted octanol–water partition coefficient (Wildman–Crippen LogP) is 4.12. The average Bonchev–Trinajstić information content (AvgIpc) is 2.85. The van der Waals surface area contributed by atoms with Crippen molar-refractivity contribution in [2.45, 2.75) is 42.8 Å². The molecule has 0 fully saturated rings. The van der Waals surface area contributed by atoms with E-state index in [1.54, 1.807) is 0 Å². The lowest BCUT2D eigenvalue weighted by atomic mass is 10.3. The van der Waals surface area contributed by atoms with Gasteiger partial charge < -0.3 is 18.9 Å². The van der Waals surface area contributed by atoms with E-state index in [1.165, 1.54) is 50.2 Å². The van der Waals surface area contributed by atoms with Crippen LogP contribution in [0.1, 0.15) is 20.8 Å². The summed E-state index contributed by atoms with van der Waals surface area (Å²) in [7, 11) is -7.53. The molecule has 0 unspecified atom stereocenters. The van der Waals surface area contributed by atoms with E-state index in [1.807, 2.05) is 0 Å². The normalized spacial score (nSPS) is 13.3. The molecule has 15 heteroatoms. The number of alkyl halides is 1. The SMILES string of the molecule is CCS(=O)(=O)C[C@H](COc1ccc(S(=O)(=O)c2ccc(OC[C@@H](CCl)OC(C)=O)c(Cl)c2)cc1Cl)OC(C)=O. The van der Waals surface area contributed by atoms with Gasteiger partial charge in [0.1, 0.15) is 36.9 Å². The fourth-order valence-corrected chi connectivity index (χ4v) is 6.16. The second-order valence-electron chi connectivity index (χ2n) is 8.13. The first kappa shape index (κ1) is 33.0. The van der Waals surface area contributed by atoms with Crippen LogP contribution < -0.4 is 9.47 Å². The summed E-state index contributed by atoms with van der Waals surface area (Å²) >= 11 is 18.2. The van der Waals surface area contributed by atoms with Crippen molar-refractivity contribution in [3.05, 3.63) is 46.4 Å². The monoisotopic (exact) mass is 644 g/mol. The maximum Gasteiger partial charge on any atom is 0.303 e. The molecule has 39 heavy (non-hydrogen) atoms. The molecule has 2 rings (SSSR count). The van der Waals surface area contributed by atoms with Gasteiger partial charge in [0, 0.05) is 19.6 Å². The summed E-state index contributed by atoms with van der Waals surface area (Å²) in [6, 6.07) is 7.56. The van der Waals surface area contributed by atoms with E-state index in [-0.39, 0.29) is 56.2 Å². The fourth-order valence-electron chi connectivity index (χ4n) is 3.13. The molecule has 0 radical (unpaired) electrons. The van der Waals surface area contributed by atoms with Crippen molar-refractivity contribution in [2.75, 3.05) is 30.6 Å².